The number of likely N-dealkylation sites (N-methyl/N-ethyl adjacent to an activating group) is 1. The van der Waals surface area contributed by atoms with E-state index < -0.39 is 6.09 Å². The molecule has 2 aromatic carbocycles. The third-order valence-electron chi connectivity index (χ3n) is 3.30. The van der Waals surface area contributed by atoms with Gasteiger partial charge in [0, 0.05) is 18.8 Å². The zero-order chi connectivity index (χ0) is 15.8. The number of ether oxygens (including phenoxy) is 1. The van der Waals surface area contributed by atoms with Crippen LogP contribution in [0.5, 0.6) is 0 Å². The summed E-state index contributed by atoms with van der Waals surface area (Å²) in [5, 5.41) is 2.71. The standard InChI is InChI=1S/C18H22N2O2/c1-15-8-10-17(11-9-15)19-18(21)22-13-12-20(2)14-16-6-4-3-5-7-16/h3-11H,12-14H2,1-2H3,(H,19,21). The Morgan fingerprint density at radius 1 is 1.09 bits per heavy atom. The van der Waals surface area contributed by atoms with Gasteiger partial charge in [-0.2, -0.15) is 0 Å². The maximum Gasteiger partial charge on any atom is 0.411 e. The monoisotopic (exact) mass is 298 g/mol. The minimum atomic E-state index is -0.419. The summed E-state index contributed by atoms with van der Waals surface area (Å²) in [7, 11) is 2.01. The average molecular weight is 298 g/mol. The topological polar surface area (TPSA) is 41.6 Å². The minimum absolute atomic E-state index is 0.362. The Bertz CT molecular complexity index is 582. The van der Waals surface area contributed by atoms with Crippen LogP contribution in [0, 0.1) is 6.92 Å². The molecule has 0 radical (unpaired) electrons. The van der Waals surface area contributed by atoms with Crippen LogP contribution in [-0.2, 0) is 11.3 Å². The molecule has 2 aromatic rings. The van der Waals surface area contributed by atoms with Gasteiger partial charge in [-0.3, -0.25) is 10.2 Å². The summed E-state index contributed by atoms with van der Waals surface area (Å²) in [5.41, 5.74) is 3.14. The van der Waals surface area contributed by atoms with E-state index in [0.717, 1.165) is 17.8 Å². The van der Waals surface area contributed by atoms with Crippen molar-refractivity contribution in [1.29, 1.82) is 0 Å². The molecule has 0 bridgehead atoms. The zero-order valence-electron chi connectivity index (χ0n) is 13.1. The van der Waals surface area contributed by atoms with Crippen LogP contribution in [0.25, 0.3) is 0 Å². The van der Waals surface area contributed by atoms with E-state index in [2.05, 4.69) is 22.3 Å². The first kappa shape index (κ1) is 16.0. The fraction of sp³-hybridized carbons (Fsp3) is 0.278. The second-order valence-corrected chi connectivity index (χ2v) is 5.35. The highest BCUT2D eigenvalue weighted by Gasteiger charge is 2.05. The molecule has 22 heavy (non-hydrogen) atoms. The third kappa shape index (κ3) is 5.58. The molecule has 116 valence electrons. The largest absolute Gasteiger partial charge is 0.448 e. The van der Waals surface area contributed by atoms with Crippen molar-refractivity contribution < 1.29 is 9.53 Å². The van der Waals surface area contributed by atoms with E-state index in [-0.39, 0.29) is 0 Å². The Hall–Kier alpha value is -2.33. The first-order chi connectivity index (χ1) is 10.6. The number of hydrogen-bond donors (Lipinski definition) is 1. The quantitative estimate of drug-likeness (QED) is 0.884. The van der Waals surface area contributed by atoms with E-state index in [1.807, 2.05) is 56.4 Å². The van der Waals surface area contributed by atoms with Crippen molar-refractivity contribution in [2.24, 2.45) is 0 Å². The van der Waals surface area contributed by atoms with Crippen LogP contribution >= 0.6 is 0 Å². The van der Waals surface area contributed by atoms with Gasteiger partial charge < -0.3 is 4.74 Å². The van der Waals surface area contributed by atoms with Gasteiger partial charge in [0.15, 0.2) is 0 Å². The van der Waals surface area contributed by atoms with Crippen LogP contribution in [0.4, 0.5) is 10.5 Å². The van der Waals surface area contributed by atoms with Gasteiger partial charge in [-0.05, 0) is 31.7 Å². The van der Waals surface area contributed by atoms with E-state index in [4.69, 9.17) is 4.74 Å². The fourth-order valence-corrected chi connectivity index (χ4v) is 2.06. The van der Waals surface area contributed by atoms with E-state index in [9.17, 15) is 4.79 Å². The van der Waals surface area contributed by atoms with Gasteiger partial charge in [-0.25, -0.2) is 4.79 Å². The Kier molecular flexibility index (Phi) is 5.98. The molecule has 1 amide bonds. The lowest BCUT2D eigenvalue weighted by Gasteiger charge is -2.16. The third-order valence-corrected chi connectivity index (χ3v) is 3.30. The molecular formula is C18H22N2O2. The predicted molar refractivity (Wildman–Crippen MR) is 88.9 cm³/mol. The molecule has 0 aliphatic heterocycles. The summed E-state index contributed by atoms with van der Waals surface area (Å²) in [6.45, 7) is 3.89. The summed E-state index contributed by atoms with van der Waals surface area (Å²) < 4.78 is 5.19. The molecule has 0 fully saturated rings. The highest BCUT2D eigenvalue weighted by atomic mass is 16.5. The molecule has 0 atom stereocenters. The lowest BCUT2D eigenvalue weighted by molar-refractivity contribution is 0.145. The Morgan fingerprint density at radius 3 is 2.45 bits per heavy atom. The van der Waals surface area contributed by atoms with Gasteiger partial charge >= 0.3 is 6.09 Å². The van der Waals surface area contributed by atoms with Gasteiger partial charge in [0.2, 0.25) is 0 Å². The van der Waals surface area contributed by atoms with E-state index >= 15 is 0 Å². The number of aryl methyl sites for hydroxylation is 1. The Morgan fingerprint density at radius 2 is 1.77 bits per heavy atom. The van der Waals surface area contributed by atoms with Crippen LogP contribution < -0.4 is 5.32 Å². The second kappa shape index (κ2) is 8.20. The lowest BCUT2D eigenvalue weighted by atomic mass is 10.2. The van der Waals surface area contributed by atoms with Crippen LogP contribution in [0.15, 0.2) is 54.6 Å². The molecular weight excluding hydrogens is 276 g/mol. The van der Waals surface area contributed by atoms with Crippen molar-refractivity contribution in [3.63, 3.8) is 0 Å². The molecule has 1 N–H and O–H groups in total. The number of nitrogens with zero attached hydrogens (tertiary/aromatic N) is 1. The number of anilines is 1. The average Bonchev–Trinajstić information content (AvgIpc) is 2.50. The van der Waals surface area contributed by atoms with Gasteiger partial charge in [-0.1, -0.05) is 48.0 Å². The molecule has 0 unspecified atom stereocenters. The normalized spacial score (nSPS) is 10.5. The van der Waals surface area contributed by atoms with Crippen molar-refractivity contribution in [2.45, 2.75) is 13.5 Å². The molecule has 0 aromatic heterocycles. The SMILES string of the molecule is Cc1ccc(NC(=O)OCCN(C)Cc2ccccc2)cc1. The van der Waals surface area contributed by atoms with E-state index in [0.29, 0.717) is 13.2 Å². The predicted octanol–water partition coefficient (Wildman–Crippen LogP) is 3.68. The summed E-state index contributed by atoms with van der Waals surface area (Å²) in [5.74, 6) is 0. The number of rotatable bonds is 6. The smallest absolute Gasteiger partial charge is 0.411 e. The van der Waals surface area contributed by atoms with Crippen molar-refractivity contribution in [2.75, 3.05) is 25.5 Å². The van der Waals surface area contributed by atoms with Crippen molar-refractivity contribution in [3.8, 4) is 0 Å². The number of benzene rings is 2. The molecule has 0 saturated carbocycles. The van der Waals surface area contributed by atoms with Gasteiger partial charge in [0.1, 0.15) is 6.61 Å². The maximum absolute atomic E-state index is 11.7. The molecule has 0 aliphatic carbocycles. The minimum Gasteiger partial charge on any atom is -0.448 e. The molecule has 2 rings (SSSR count). The van der Waals surface area contributed by atoms with Gasteiger partial charge in [0.25, 0.3) is 0 Å². The van der Waals surface area contributed by atoms with E-state index in [1.165, 1.54) is 5.56 Å². The molecule has 4 nitrogen and oxygen atoms in total. The van der Waals surface area contributed by atoms with Gasteiger partial charge in [-0.15, -0.1) is 0 Å². The van der Waals surface area contributed by atoms with Crippen LogP contribution in [0.1, 0.15) is 11.1 Å². The van der Waals surface area contributed by atoms with Crippen LogP contribution in [0.2, 0.25) is 0 Å². The van der Waals surface area contributed by atoms with Crippen LogP contribution in [-0.4, -0.2) is 31.2 Å². The number of hydrogen-bond acceptors (Lipinski definition) is 3. The molecule has 0 saturated heterocycles. The number of nitrogens with one attached hydrogen (secondary N) is 1. The summed E-state index contributed by atoms with van der Waals surface area (Å²) in [6.07, 6.45) is -0.419. The fourth-order valence-electron chi connectivity index (χ4n) is 2.06. The Labute approximate surface area is 131 Å². The number of amides is 1. The molecule has 0 spiro atoms. The lowest BCUT2D eigenvalue weighted by Crippen LogP contribution is -2.25. The highest BCUT2D eigenvalue weighted by molar-refractivity contribution is 5.84. The molecule has 4 heteroatoms. The van der Waals surface area contributed by atoms with Crippen molar-refractivity contribution in [3.05, 3.63) is 65.7 Å². The number of carbonyl (C=O) groups is 1. The summed E-state index contributed by atoms with van der Waals surface area (Å²) >= 11 is 0. The first-order valence-corrected chi connectivity index (χ1v) is 7.36. The highest BCUT2D eigenvalue weighted by Crippen LogP contribution is 2.08. The summed E-state index contributed by atoms with van der Waals surface area (Å²) in [4.78, 5) is 13.8. The number of carbonyl (C=O) groups excluding carboxylic acids is 1. The van der Waals surface area contributed by atoms with Gasteiger partial charge in [0.05, 0.1) is 0 Å². The van der Waals surface area contributed by atoms with Crippen molar-refractivity contribution in [1.82, 2.24) is 4.90 Å². The van der Waals surface area contributed by atoms with Crippen molar-refractivity contribution >= 4 is 11.8 Å². The maximum atomic E-state index is 11.7. The molecule has 0 aliphatic rings. The van der Waals surface area contributed by atoms with E-state index in [1.54, 1.807) is 0 Å². The zero-order valence-corrected chi connectivity index (χ0v) is 13.1. The second-order valence-electron chi connectivity index (χ2n) is 5.35. The molecule has 0 heterocycles. The van der Waals surface area contributed by atoms with Crippen LogP contribution in [0.3, 0.4) is 0 Å². The first-order valence-electron chi connectivity index (χ1n) is 7.36. The Balaban J connectivity index is 1.67. The summed E-state index contributed by atoms with van der Waals surface area (Å²) in [6, 6.07) is 17.8.